The fourth-order valence-electron chi connectivity index (χ4n) is 5.39. The van der Waals surface area contributed by atoms with Crippen LogP contribution in [0.5, 0.6) is 0 Å². The quantitative estimate of drug-likeness (QED) is 0.327. The van der Waals surface area contributed by atoms with Crippen LogP contribution in [0.4, 0.5) is 16.2 Å². The zero-order chi connectivity index (χ0) is 28.3. The Morgan fingerprint density at radius 3 is 2.42 bits per heavy atom. The molecule has 40 heavy (non-hydrogen) atoms. The van der Waals surface area contributed by atoms with Crippen LogP contribution >= 0.6 is 15.9 Å². The number of carbonyl (C=O) groups excluding carboxylic acids is 2. The van der Waals surface area contributed by atoms with Crippen molar-refractivity contribution in [2.45, 2.75) is 32.5 Å². The summed E-state index contributed by atoms with van der Waals surface area (Å²) in [6.45, 7) is 10.1. The van der Waals surface area contributed by atoms with Gasteiger partial charge in [0.25, 0.3) is 11.6 Å². The molecule has 3 amide bonds. The minimum Gasteiger partial charge on any atom is -0.359 e. The molecule has 210 valence electrons. The smallest absolute Gasteiger partial charge is 0.329 e. The molecule has 3 aromatic carbocycles. The number of amides is 3. The number of nitrogens with one attached hydrogen (secondary N) is 2. The molecule has 1 saturated heterocycles. The number of nitrogens with zero attached hydrogens (tertiary/aromatic N) is 3. The van der Waals surface area contributed by atoms with Crippen molar-refractivity contribution in [3.8, 4) is 0 Å². The van der Waals surface area contributed by atoms with Crippen LogP contribution in [0.1, 0.15) is 28.7 Å². The van der Waals surface area contributed by atoms with E-state index in [4.69, 9.17) is 0 Å². The first kappa shape index (κ1) is 28.3. The summed E-state index contributed by atoms with van der Waals surface area (Å²) in [7, 11) is 0. The van der Waals surface area contributed by atoms with Gasteiger partial charge in [-0.2, -0.15) is 0 Å². The molecule has 3 aromatic rings. The predicted octanol–water partition coefficient (Wildman–Crippen LogP) is 4.59. The molecule has 3 N–H and O–H groups in total. The van der Waals surface area contributed by atoms with E-state index in [-0.39, 0.29) is 0 Å². The Kier molecular flexibility index (Phi) is 8.56. The van der Waals surface area contributed by atoms with Crippen LogP contribution in [-0.4, -0.2) is 66.1 Å². The second kappa shape index (κ2) is 12.1. The van der Waals surface area contributed by atoms with E-state index in [2.05, 4.69) is 60.6 Å². The van der Waals surface area contributed by atoms with Crippen molar-refractivity contribution in [1.29, 1.82) is 0 Å². The van der Waals surface area contributed by atoms with E-state index in [9.17, 15) is 14.7 Å². The van der Waals surface area contributed by atoms with Crippen LogP contribution in [0.2, 0.25) is 0 Å². The highest BCUT2D eigenvalue weighted by atomic mass is 79.9. The maximum absolute atomic E-state index is 13.7. The van der Waals surface area contributed by atoms with E-state index in [0.717, 1.165) is 61.7 Å². The Labute approximate surface area is 244 Å². The summed E-state index contributed by atoms with van der Waals surface area (Å²) in [4.78, 5) is 33.0. The maximum atomic E-state index is 13.7. The molecule has 5 rings (SSSR count). The third kappa shape index (κ3) is 5.93. The molecule has 1 fully saturated rings. The maximum Gasteiger partial charge on any atom is 0.329 e. The van der Waals surface area contributed by atoms with E-state index in [0.29, 0.717) is 28.0 Å². The second-order valence-corrected chi connectivity index (χ2v) is 11.5. The lowest BCUT2D eigenvalue weighted by Crippen LogP contribution is -2.62. The Balaban J connectivity index is 1.23. The van der Waals surface area contributed by atoms with E-state index >= 15 is 0 Å². The number of piperazine rings is 1. The molecular formula is C31H36BrN5O3. The van der Waals surface area contributed by atoms with Crippen molar-refractivity contribution in [1.82, 2.24) is 15.1 Å². The number of hydrogen-bond acceptors (Lipinski definition) is 5. The van der Waals surface area contributed by atoms with Crippen molar-refractivity contribution in [3.05, 3.63) is 93.5 Å². The summed E-state index contributed by atoms with van der Waals surface area (Å²) in [5, 5.41) is 17.8. The summed E-state index contributed by atoms with van der Waals surface area (Å²) in [5.74, 6) is -0.632. The van der Waals surface area contributed by atoms with Crippen molar-refractivity contribution in [3.63, 3.8) is 0 Å². The van der Waals surface area contributed by atoms with Gasteiger partial charge < -0.3 is 20.6 Å². The SMILES string of the molecule is Cc1ccc(N2C(=O)Nc3ccc(Br)cc3[C@@]2(O)C(=O)NCCCN2CCN(Cc3ccccc3)CC2)cc1C. The third-order valence-electron chi connectivity index (χ3n) is 7.84. The van der Waals surface area contributed by atoms with Gasteiger partial charge in [0.1, 0.15) is 0 Å². The Hall–Kier alpha value is -3.24. The number of carbonyl (C=O) groups is 2. The van der Waals surface area contributed by atoms with Gasteiger partial charge in [-0.05, 0) is 73.8 Å². The van der Waals surface area contributed by atoms with Crippen LogP contribution in [0, 0.1) is 13.8 Å². The minimum atomic E-state index is -2.22. The highest BCUT2D eigenvalue weighted by molar-refractivity contribution is 9.10. The number of rotatable bonds is 8. The van der Waals surface area contributed by atoms with Crippen LogP contribution in [0.3, 0.4) is 0 Å². The molecule has 8 nitrogen and oxygen atoms in total. The fraction of sp³-hybridized carbons (Fsp3) is 0.355. The monoisotopic (exact) mass is 605 g/mol. The number of halogens is 1. The van der Waals surface area contributed by atoms with E-state index in [1.807, 2.05) is 32.0 Å². The van der Waals surface area contributed by atoms with Crippen molar-refractivity contribution in [2.24, 2.45) is 0 Å². The normalized spacial score (nSPS) is 19.7. The molecule has 0 spiro atoms. The molecule has 2 heterocycles. The van der Waals surface area contributed by atoms with Gasteiger partial charge in [-0.25, -0.2) is 4.79 Å². The average Bonchev–Trinajstić information content (AvgIpc) is 2.95. The Bertz CT molecular complexity index is 1380. The highest BCUT2D eigenvalue weighted by Gasteiger charge is 2.52. The topological polar surface area (TPSA) is 88.2 Å². The largest absolute Gasteiger partial charge is 0.359 e. The number of anilines is 2. The summed E-state index contributed by atoms with van der Waals surface area (Å²) in [6.07, 6.45) is 0.738. The lowest BCUT2D eigenvalue weighted by molar-refractivity contribution is -0.140. The molecule has 9 heteroatoms. The average molecular weight is 607 g/mol. The fourth-order valence-corrected chi connectivity index (χ4v) is 5.75. The van der Waals surface area contributed by atoms with Crippen LogP contribution in [-0.2, 0) is 17.1 Å². The predicted molar refractivity (Wildman–Crippen MR) is 161 cm³/mol. The lowest BCUT2D eigenvalue weighted by atomic mass is 9.94. The van der Waals surface area contributed by atoms with Crippen molar-refractivity contribution >= 4 is 39.2 Å². The number of fused-ring (bicyclic) bond motifs is 1. The molecule has 0 bridgehead atoms. The zero-order valence-electron chi connectivity index (χ0n) is 23.0. The van der Waals surface area contributed by atoms with Crippen molar-refractivity contribution in [2.75, 3.05) is 49.5 Å². The standard InChI is InChI=1S/C31H36BrN5O3/c1-22-9-11-26(19-23(22)2)37-30(39)34-28-12-10-25(32)20-27(28)31(37,40)29(38)33-13-6-14-35-15-17-36(18-16-35)21-24-7-4-3-5-8-24/h3-5,7-12,19-20,40H,6,13-18,21H2,1-2H3,(H,33,38)(H,34,39)/t31-/m1/s1. The number of hydrogen-bond donors (Lipinski definition) is 3. The van der Waals surface area contributed by atoms with Crippen LogP contribution in [0.15, 0.2) is 71.2 Å². The Morgan fingerprint density at radius 1 is 0.975 bits per heavy atom. The molecule has 2 aliphatic rings. The molecule has 0 aromatic heterocycles. The first-order chi connectivity index (χ1) is 19.3. The highest BCUT2D eigenvalue weighted by Crippen LogP contribution is 2.41. The van der Waals surface area contributed by atoms with Gasteiger partial charge in [-0.3, -0.25) is 14.6 Å². The van der Waals surface area contributed by atoms with Gasteiger partial charge in [-0.15, -0.1) is 0 Å². The zero-order valence-corrected chi connectivity index (χ0v) is 24.6. The van der Waals surface area contributed by atoms with Crippen LogP contribution in [0.25, 0.3) is 0 Å². The second-order valence-electron chi connectivity index (χ2n) is 10.6. The summed E-state index contributed by atoms with van der Waals surface area (Å²) < 4.78 is 0.695. The molecule has 1 atom stereocenters. The molecular weight excluding hydrogens is 570 g/mol. The van der Waals surface area contributed by atoms with Gasteiger partial charge in [0.05, 0.1) is 5.69 Å². The van der Waals surface area contributed by atoms with Crippen molar-refractivity contribution < 1.29 is 14.7 Å². The molecule has 0 aliphatic carbocycles. The molecule has 2 aliphatic heterocycles. The van der Waals surface area contributed by atoms with E-state index in [1.54, 1.807) is 24.3 Å². The van der Waals surface area contributed by atoms with Gasteiger partial charge in [-0.1, -0.05) is 52.3 Å². The number of urea groups is 1. The number of aliphatic hydroxyl groups is 1. The number of benzene rings is 3. The minimum absolute atomic E-state index is 0.312. The lowest BCUT2D eigenvalue weighted by Gasteiger charge is -2.43. The molecule has 0 radical (unpaired) electrons. The Morgan fingerprint density at radius 2 is 1.70 bits per heavy atom. The first-order valence-electron chi connectivity index (χ1n) is 13.7. The van der Waals surface area contributed by atoms with Gasteiger partial charge in [0.15, 0.2) is 0 Å². The van der Waals surface area contributed by atoms with Gasteiger partial charge in [0, 0.05) is 55.0 Å². The summed E-state index contributed by atoms with van der Waals surface area (Å²) >= 11 is 3.45. The number of aryl methyl sites for hydroxylation is 2. The van der Waals surface area contributed by atoms with E-state index < -0.39 is 17.7 Å². The van der Waals surface area contributed by atoms with Crippen LogP contribution < -0.4 is 15.5 Å². The molecule has 0 saturated carbocycles. The van der Waals surface area contributed by atoms with Gasteiger partial charge in [0.2, 0.25) is 0 Å². The third-order valence-corrected chi connectivity index (χ3v) is 8.33. The molecule has 0 unspecified atom stereocenters. The summed E-state index contributed by atoms with van der Waals surface area (Å²) in [5.41, 5.74) is 2.28. The van der Waals surface area contributed by atoms with Gasteiger partial charge >= 0.3 is 6.03 Å². The first-order valence-corrected chi connectivity index (χ1v) is 14.5. The summed E-state index contributed by atoms with van der Waals surface area (Å²) in [6, 6.07) is 20.5. The van der Waals surface area contributed by atoms with E-state index in [1.165, 1.54) is 5.56 Å².